The van der Waals surface area contributed by atoms with Crippen molar-refractivity contribution in [1.82, 2.24) is 10.2 Å². The molecule has 1 aliphatic rings. The van der Waals surface area contributed by atoms with Gasteiger partial charge in [-0.1, -0.05) is 27.7 Å². The van der Waals surface area contributed by atoms with E-state index in [0.717, 1.165) is 26.2 Å². The molecule has 4 nitrogen and oxygen atoms in total. The molecule has 1 heterocycles. The Morgan fingerprint density at radius 3 is 2.17 bits per heavy atom. The molecule has 1 saturated heterocycles. The number of carbonyl (C=O) groups is 1. The van der Waals surface area contributed by atoms with E-state index in [2.05, 4.69) is 37.9 Å². The standard InChI is InChI=1S/C14H28N2O2/c1-11(2)9-15-14(13(17)18)5-7-16(8-6-14)10-12(3)4/h11-12,15H,5-10H2,1-4H3,(H,17,18). The van der Waals surface area contributed by atoms with Crippen molar-refractivity contribution in [1.29, 1.82) is 0 Å². The van der Waals surface area contributed by atoms with Gasteiger partial charge in [0, 0.05) is 19.6 Å². The first-order valence-electron chi connectivity index (χ1n) is 7.06. The average Bonchev–Trinajstić information content (AvgIpc) is 2.27. The number of carboxylic acids is 1. The molecule has 0 aromatic heterocycles. The van der Waals surface area contributed by atoms with E-state index >= 15 is 0 Å². The van der Waals surface area contributed by atoms with E-state index in [0.29, 0.717) is 24.7 Å². The zero-order chi connectivity index (χ0) is 13.8. The highest BCUT2D eigenvalue weighted by Crippen LogP contribution is 2.23. The first kappa shape index (κ1) is 15.4. The monoisotopic (exact) mass is 256 g/mol. The maximum Gasteiger partial charge on any atom is 0.323 e. The molecule has 4 heteroatoms. The van der Waals surface area contributed by atoms with Gasteiger partial charge in [0.2, 0.25) is 0 Å². The Bertz CT molecular complexity index is 269. The lowest BCUT2D eigenvalue weighted by Gasteiger charge is -2.40. The highest BCUT2D eigenvalue weighted by Gasteiger charge is 2.41. The van der Waals surface area contributed by atoms with Crippen LogP contribution in [0.5, 0.6) is 0 Å². The summed E-state index contributed by atoms with van der Waals surface area (Å²) in [7, 11) is 0. The minimum atomic E-state index is -0.697. The van der Waals surface area contributed by atoms with E-state index in [9.17, 15) is 9.90 Å². The maximum atomic E-state index is 11.5. The quantitative estimate of drug-likeness (QED) is 0.761. The molecule has 1 rings (SSSR count). The molecule has 0 saturated carbocycles. The number of likely N-dealkylation sites (tertiary alicyclic amines) is 1. The second-order valence-electron chi connectivity index (χ2n) is 6.36. The summed E-state index contributed by atoms with van der Waals surface area (Å²) in [5.41, 5.74) is -0.697. The van der Waals surface area contributed by atoms with Crippen LogP contribution in [0.15, 0.2) is 0 Å². The van der Waals surface area contributed by atoms with Crippen LogP contribution >= 0.6 is 0 Å². The molecule has 0 aromatic carbocycles. The van der Waals surface area contributed by atoms with Crippen LogP contribution in [0.2, 0.25) is 0 Å². The predicted molar refractivity (Wildman–Crippen MR) is 73.7 cm³/mol. The van der Waals surface area contributed by atoms with Crippen LogP contribution in [0.1, 0.15) is 40.5 Å². The number of hydrogen-bond acceptors (Lipinski definition) is 3. The van der Waals surface area contributed by atoms with Gasteiger partial charge in [0.05, 0.1) is 0 Å². The number of rotatable bonds is 6. The van der Waals surface area contributed by atoms with E-state index in [-0.39, 0.29) is 0 Å². The van der Waals surface area contributed by atoms with Gasteiger partial charge in [-0.15, -0.1) is 0 Å². The zero-order valence-corrected chi connectivity index (χ0v) is 12.2. The molecule has 0 aromatic rings. The fraction of sp³-hybridized carbons (Fsp3) is 0.929. The largest absolute Gasteiger partial charge is 0.480 e. The summed E-state index contributed by atoms with van der Waals surface area (Å²) in [6, 6.07) is 0. The smallest absolute Gasteiger partial charge is 0.323 e. The van der Waals surface area contributed by atoms with Crippen LogP contribution < -0.4 is 5.32 Å². The van der Waals surface area contributed by atoms with E-state index in [1.54, 1.807) is 0 Å². The molecular weight excluding hydrogens is 228 g/mol. The lowest BCUT2D eigenvalue weighted by molar-refractivity contribution is -0.147. The van der Waals surface area contributed by atoms with Gasteiger partial charge < -0.3 is 15.3 Å². The lowest BCUT2D eigenvalue weighted by Crippen LogP contribution is -2.59. The molecule has 1 fully saturated rings. The van der Waals surface area contributed by atoms with E-state index < -0.39 is 11.5 Å². The Kier molecular flexibility index (Phi) is 5.60. The van der Waals surface area contributed by atoms with Crippen LogP contribution in [-0.4, -0.2) is 47.7 Å². The van der Waals surface area contributed by atoms with Crippen molar-refractivity contribution >= 4 is 5.97 Å². The topological polar surface area (TPSA) is 52.6 Å². The van der Waals surface area contributed by atoms with Crippen molar-refractivity contribution in [3.63, 3.8) is 0 Å². The number of aliphatic carboxylic acids is 1. The Hall–Kier alpha value is -0.610. The molecule has 18 heavy (non-hydrogen) atoms. The van der Waals surface area contributed by atoms with Gasteiger partial charge in [0.1, 0.15) is 5.54 Å². The third-order valence-electron chi connectivity index (χ3n) is 3.59. The first-order valence-corrected chi connectivity index (χ1v) is 7.06. The Morgan fingerprint density at radius 2 is 1.78 bits per heavy atom. The van der Waals surface area contributed by atoms with Crippen LogP contribution in [0.3, 0.4) is 0 Å². The Labute approximate surface area is 111 Å². The molecule has 0 radical (unpaired) electrons. The molecule has 0 atom stereocenters. The molecule has 0 unspecified atom stereocenters. The van der Waals surface area contributed by atoms with Crippen molar-refractivity contribution in [2.24, 2.45) is 11.8 Å². The number of nitrogens with zero attached hydrogens (tertiary/aromatic N) is 1. The third kappa shape index (κ3) is 4.25. The fourth-order valence-corrected chi connectivity index (χ4v) is 2.50. The van der Waals surface area contributed by atoms with E-state index in [1.165, 1.54) is 0 Å². The van der Waals surface area contributed by atoms with Crippen molar-refractivity contribution in [3.8, 4) is 0 Å². The fourth-order valence-electron chi connectivity index (χ4n) is 2.50. The molecule has 1 aliphatic heterocycles. The average molecular weight is 256 g/mol. The molecule has 0 spiro atoms. The first-order chi connectivity index (χ1) is 8.35. The number of carboxylic acid groups (broad SMARTS) is 1. The summed E-state index contributed by atoms with van der Waals surface area (Å²) in [6.07, 6.45) is 1.42. The van der Waals surface area contributed by atoms with Gasteiger partial charge in [-0.3, -0.25) is 4.79 Å². The van der Waals surface area contributed by atoms with Gasteiger partial charge in [0.25, 0.3) is 0 Å². The summed E-state index contributed by atoms with van der Waals surface area (Å²) in [4.78, 5) is 13.9. The van der Waals surface area contributed by atoms with Crippen LogP contribution in [0.4, 0.5) is 0 Å². The minimum Gasteiger partial charge on any atom is -0.480 e. The summed E-state index contributed by atoms with van der Waals surface area (Å²) in [6.45, 7) is 12.2. The number of piperidine rings is 1. The maximum absolute atomic E-state index is 11.5. The molecule has 0 bridgehead atoms. The summed E-state index contributed by atoms with van der Waals surface area (Å²) < 4.78 is 0. The number of hydrogen-bond donors (Lipinski definition) is 2. The highest BCUT2D eigenvalue weighted by atomic mass is 16.4. The molecular formula is C14H28N2O2. The summed E-state index contributed by atoms with van der Waals surface area (Å²) in [5.74, 6) is 0.438. The van der Waals surface area contributed by atoms with Gasteiger partial charge in [-0.2, -0.15) is 0 Å². The van der Waals surface area contributed by atoms with Crippen LogP contribution in [0.25, 0.3) is 0 Å². The van der Waals surface area contributed by atoms with Crippen LogP contribution in [-0.2, 0) is 4.79 Å². The van der Waals surface area contributed by atoms with Gasteiger partial charge in [-0.05, 0) is 31.2 Å². The second-order valence-corrected chi connectivity index (χ2v) is 6.36. The normalized spacial score (nSPS) is 20.6. The zero-order valence-electron chi connectivity index (χ0n) is 12.2. The second kappa shape index (κ2) is 6.53. The molecule has 0 amide bonds. The van der Waals surface area contributed by atoms with E-state index in [4.69, 9.17) is 0 Å². The van der Waals surface area contributed by atoms with Gasteiger partial charge >= 0.3 is 5.97 Å². The van der Waals surface area contributed by atoms with Crippen molar-refractivity contribution in [2.45, 2.75) is 46.1 Å². The molecule has 2 N–H and O–H groups in total. The lowest BCUT2D eigenvalue weighted by atomic mass is 9.86. The van der Waals surface area contributed by atoms with Crippen molar-refractivity contribution in [2.75, 3.05) is 26.2 Å². The van der Waals surface area contributed by atoms with Crippen molar-refractivity contribution < 1.29 is 9.90 Å². The van der Waals surface area contributed by atoms with Gasteiger partial charge in [0.15, 0.2) is 0 Å². The van der Waals surface area contributed by atoms with E-state index in [1.807, 2.05) is 0 Å². The van der Waals surface area contributed by atoms with Crippen molar-refractivity contribution in [3.05, 3.63) is 0 Å². The summed E-state index contributed by atoms with van der Waals surface area (Å²) in [5, 5.41) is 12.8. The number of nitrogens with one attached hydrogen (secondary N) is 1. The third-order valence-corrected chi connectivity index (χ3v) is 3.59. The van der Waals surface area contributed by atoms with Gasteiger partial charge in [-0.25, -0.2) is 0 Å². The summed E-state index contributed by atoms with van der Waals surface area (Å²) >= 11 is 0. The highest BCUT2D eigenvalue weighted by molar-refractivity contribution is 5.79. The minimum absolute atomic E-state index is 0.481. The molecule has 106 valence electrons. The van der Waals surface area contributed by atoms with Crippen LogP contribution in [0, 0.1) is 11.8 Å². The SMILES string of the molecule is CC(C)CNC1(C(=O)O)CCN(CC(C)C)CC1. The Balaban J connectivity index is 2.54. The Morgan fingerprint density at radius 1 is 1.22 bits per heavy atom. The molecule has 0 aliphatic carbocycles. The predicted octanol–water partition coefficient (Wildman–Crippen LogP) is 1.81.